The molecule has 2 atom stereocenters. The molecule has 0 amide bonds. The summed E-state index contributed by atoms with van der Waals surface area (Å²) in [6.45, 7) is 3.49. The first-order valence-electron chi connectivity index (χ1n) is 4.98. The zero-order valence-corrected chi connectivity index (χ0v) is 7.74. The van der Waals surface area contributed by atoms with E-state index in [-0.39, 0.29) is 0 Å². The smallest absolute Gasteiger partial charge is 0.0467 e. The zero-order chi connectivity index (χ0) is 8.39. The number of piperidine rings is 1. The highest BCUT2D eigenvalue weighted by Gasteiger charge is 2.18. The molecule has 0 N–H and O–H groups in total. The van der Waals surface area contributed by atoms with Crippen molar-refractivity contribution in [3.05, 3.63) is 24.4 Å². The lowest BCUT2D eigenvalue weighted by Crippen LogP contribution is -2.33. The van der Waals surface area contributed by atoms with Crippen LogP contribution in [0.15, 0.2) is 24.4 Å². The molecule has 0 aromatic heterocycles. The number of rotatable bonds is 0. The molecule has 0 bridgehead atoms. The van der Waals surface area contributed by atoms with Gasteiger partial charge in [0.1, 0.15) is 0 Å². The van der Waals surface area contributed by atoms with Crippen LogP contribution in [-0.4, -0.2) is 17.5 Å². The predicted octanol–water partition coefficient (Wildman–Crippen LogP) is 2.56. The molecule has 2 unspecified atom stereocenters. The van der Waals surface area contributed by atoms with Gasteiger partial charge in [-0.25, -0.2) is 0 Å². The van der Waals surface area contributed by atoms with Crippen LogP contribution in [0.1, 0.15) is 26.2 Å². The minimum Gasteiger partial charge on any atom is -0.371 e. The molecule has 2 rings (SSSR count). The molecule has 2 aliphatic rings. The fourth-order valence-electron chi connectivity index (χ4n) is 1.99. The van der Waals surface area contributed by atoms with Crippen molar-refractivity contribution in [2.45, 2.75) is 32.2 Å². The fourth-order valence-corrected chi connectivity index (χ4v) is 1.99. The lowest BCUT2D eigenvalue weighted by atomic mass is 10.0. The number of allylic oxidation sites excluding steroid dienone is 2. The summed E-state index contributed by atoms with van der Waals surface area (Å²) in [5, 5.41) is 0. The summed E-state index contributed by atoms with van der Waals surface area (Å²) >= 11 is 0. The van der Waals surface area contributed by atoms with E-state index in [0.717, 1.165) is 0 Å². The maximum Gasteiger partial charge on any atom is 0.0467 e. The molecule has 1 saturated heterocycles. The van der Waals surface area contributed by atoms with E-state index in [2.05, 4.69) is 36.3 Å². The molecule has 0 spiro atoms. The van der Waals surface area contributed by atoms with Crippen LogP contribution in [0.5, 0.6) is 0 Å². The van der Waals surface area contributed by atoms with Crippen LogP contribution in [0.4, 0.5) is 0 Å². The van der Waals surface area contributed by atoms with Crippen molar-refractivity contribution < 1.29 is 0 Å². The quantitative estimate of drug-likeness (QED) is 0.496. The molecule has 0 radical (unpaired) electrons. The molecule has 2 heterocycles. The van der Waals surface area contributed by atoms with Crippen molar-refractivity contribution >= 4 is 0 Å². The summed E-state index contributed by atoms with van der Waals surface area (Å²) < 4.78 is 0. The van der Waals surface area contributed by atoms with Gasteiger partial charge in [-0.05, 0) is 31.4 Å². The second kappa shape index (κ2) is 3.34. The summed E-state index contributed by atoms with van der Waals surface area (Å²) in [4.78, 5) is 2.48. The van der Waals surface area contributed by atoms with Crippen LogP contribution in [0.3, 0.4) is 0 Å². The Labute approximate surface area is 74.8 Å². The van der Waals surface area contributed by atoms with Gasteiger partial charge in [-0.15, -0.1) is 0 Å². The van der Waals surface area contributed by atoms with Crippen LogP contribution in [0, 0.1) is 5.92 Å². The van der Waals surface area contributed by atoms with E-state index in [9.17, 15) is 0 Å². The van der Waals surface area contributed by atoms with E-state index in [1.165, 1.54) is 25.8 Å². The number of hydrogen-bond donors (Lipinski definition) is 0. The van der Waals surface area contributed by atoms with Crippen molar-refractivity contribution in [3.8, 4) is 0 Å². The van der Waals surface area contributed by atoms with Crippen molar-refractivity contribution in [3.63, 3.8) is 0 Å². The summed E-state index contributed by atoms with van der Waals surface area (Å²) in [5.41, 5.74) is 0. The molecule has 66 valence electrons. The second-order valence-corrected chi connectivity index (χ2v) is 3.89. The molecule has 1 fully saturated rings. The lowest BCUT2D eigenvalue weighted by Gasteiger charge is -2.32. The minimum atomic E-state index is 0.621. The van der Waals surface area contributed by atoms with Gasteiger partial charge in [0.2, 0.25) is 0 Å². The topological polar surface area (TPSA) is 3.24 Å². The summed E-state index contributed by atoms with van der Waals surface area (Å²) in [5.74, 6) is 0.621. The van der Waals surface area contributed by atoms with E-state index in [4.69, 9.17) is 0 Å². The Bertz CT molecular complexity index is 183. The average Bonchev–Trinajstić information content (AvgIpc) is 2.29. The third-order valence-electron chi connectivity index (χ3n) is 2.81. The van der Waals surface area contributed by atoms with E-state index < -0.39 is 0 Å². The molecule has 12 heavy (non-hydrogen) atoms. The molecular weight excluding hydrogens is 146 g/mol. The van der Waals surface area contributed by atoms with Crippen molar-refractivity contribution in [1.82, 2.24) is 4.90 Å². The Kier molecular flexibility index (Phi) is 2.20. The van der Waals surface area contributed by atoms with Crippen molar-refractivity contribution in [2.75, 3.05) is 6.54 Å². The van der Waals surface area contributed by atoms with Crippen molar-refractivity contribution in [1.29, 1.82) is 0 Å². The van der Waals surface area contributed by atoms with E-state index >= 15 is 0 Å². The molecule has 1 nitrogen and oxygen atoms in total. The van der Waals surface area contributed by atoms with Gasteiger partial charge in [-0.2, -0.15) is 0 Å². The van der Waals surface area contributed by atoms with Gasteiger partial charge in [0.25, 0.3) is 0 Å². The molecule has 0 saturated carbocycles. The Balaban J connectivity index is 2.13. The molecule has 0 aromatic rings. The third-order valence-corrected chi connectivity index (χ3v) is 2.81. The highest BCUT2D eigenvalue weighted by atomic mass is 15.1. The maximum atomic E-state index is 2.48. The first-order valence-corrected chi connectivity index (χ1v) is 4.98. The largest absolute Gasteiger partial charge is 0.371 e. The highest BCUT2D eigenvalue weighted by molar-refractivity contribution is 5.09. The van der Waals surface area contributed by atoms with E-state index in [1.54, 1.807) is 0 Å². The average molecular weight is 163 g/mol. The van der Waals surface area contributed by atoms with E-state index in [0.29, 0.717) is 12.0 Å². The maximum absolute atomic E-state index is 2.48. The Morgan fingerprint density at radius 2 is 2.08 bits per heavy atom. The monoisotopic (exact) mass is 163 g/mol. The standard InChI is InChI=1S/C11H17N/c1-10-5-6-11-4-2-3-8-12(11)9-7-10/h5-7,9-11H,2-4,8H2,1H3. The zero-order valence-electron chi connectivity index (χ0n) is 7.74. The van der Waals surface area contributed by atoms with Gasteiger partial charge in [-0.1, -0.05) is 25.2 Å². The van der Waals surface area contributed by atoms with Gasteiger partial charge in [-0.3, -0.25) is 0 Å². The van der Waals surface area contributed by atoms with Crippen molar-refractivity contribution in [2.24, 2.45) is 5.92 Å². The SMILES string of the molecule is CC1C=CC2CCCCN2C=C1. The Hall–Kier alpha value is -0.720. The van der Waals surface area contributed by atoms with Gasteiger partial charge in [0, 0.05) is 12.6 Å². The molecule has 1 heteroatoms. The van der Waals surface area contributed by atoms with Crippen LogP contribution >= 0.6 is 0 Å². The van der Waals surface area contributed by atoms with Crippen LogP contribution in [-0.2, 0) is 0 Å². The molecule has 2 aliphatic heterocycles. The van der Waals surface area contributed by atoms with Crippen LogP contribution < -0.4 is 0 Å². The summed E-state index contributed by atoms with van der Waals surface area (Å²) in [6.07, 6.45) is 13.4. The molecule has 0 aliphatic carbocycles. The summed E-state index contributed by atoms with van der Waals surface area (Å²) in [7, 11) is 0. The minimum absolute atomic E-state index is 0.621. The summed E-state index contributed by atoms with van der Waals surface area (Å²) in [6, 6.07) is 0.694. The fraction of sp³-hybridized carbons (Fsp3) is 0.636. The first-order chi connectivity index (χ1) is 5.86. The van der Waals surface area contributed by atoms with Crippen LogP contribution in [0.25, 0.3) is 0 Å². The number of hydrogen-bond acceptors (Lipinski definition) is 1. The normalized spacial score (nSPS) is 34.6. The van der Waals surface area contributed by atoms with Gasteiger partial charge in [0.05, 0.1) is 0 Å². The second-order valence-electron chi connectivity index (χ2n) is 3.89. The van der Waals surface area contributed by atoms with E-state index in [1.807, 2.05) is 0 Å². The lowest BCUT2D eigenvalue weighted by molar-refractivity contribution is 0.253. The number of nitrogens with zero attached hydrogens (tertiary/aromatic N) is 1. The number of fused-ring (bicyclic) bond motifs is 1. The van der Waals surface area contributed by atoms with Gasteiger partial charge >= 0.3 is 0 Å². The Morgan fingerprint density at radius 1 is 1.17 bits per heavy atom. The first kappa shape index (κ1) is 7.90. The Morgan fingerprint density at radius 3 is 3.00 bits per heavy atom. The third kappa shape index (κ3) is 1.55. The molecule has 0 aromatic carbocycles. The molecular formula is C11H17N. The van der Waals surface area contributed by atoms with Gasteiger partial charge in [0.15, 0.2) is 0 Å². The highest BCUT2D eigenvalue weighted by Crippen LogP contribution is 2.21. The predicted molar refractivity (Wildman–Crippen MR) is 51.8 cm³/mol. The van der Waals surface area contributed by atoms with Crippen LogP contribution in [0.2, 0.25) is 0 Å². The van der Waals surface area contributed by atoms with Gasteiger partial charge < -0.3 is 4.90 Å².